The van der Waals surface area contributed by atoms with Crippen molar-refractivity contribution in [3.63, 3.8) is 0 Å². The van der Waals surface area contributed by atoms with Crippen molar-refractivity contribution in [3.05, 3.63) is 0 Å². The van der Waals surface area contributed by atoms with Gasteiger partial charge >= 0.3 is 5.97 Å². The Balaban J connectivity index is 3.25. The normalized spacial score (nSPS) is 12.7. The van der Waals surface area contributed by atoms with Gasteiger partial charge in [-0.2, -0.15) is 0 Å². The van der Waals surface area contributed by atoms with Crippen molar-refractivity contribution in [2.75, 3.05) is 0 Å². The van der Waals surface area contributed by atoms with Gasteiger partial charge in [0, 0.05) is 6.92 Å². The van der Waals surface area contributed by atoms with Crippen LogP contribution in [0.3, 0.4) is 0 Å². The average Bonchev–Trinajstić information content (AvgIpc) is 1.82. The van der Waals surface area contributed by atoms with E-state index in [2.05, 4.69) is 6.92 Å². The van der Waals surface area contributed by atoms with Gasteiger partial charge in [0.2, 0.25) is 0 Å². The van der Waals surface area contributed by atoms with Crippen LogP contribution in [0.15, 0.2) is 0 Å². The van der Waals surface area contributed by atoms with Crippen molar-refractivity contribution in [2.45, 2.75) is 46.1 Å². The molecular weight excluding hydrogens is 128 g/mol. The molecular formula is C8H16O2. The van der Waals surface area contributed by atoms with Gasteiger partial charge in [-0.15, -0.1) is 0 Å². The number of hydrogen-bond acceptors (Lipinski definition) is 2. The Morgan fingerprint density at radius 1 is 1.60 bits per heavy atom. The van der Waals surface area contributed by atoms with Gasteiger partial charge in [0.1, 0.15) is 0 Å². The number of carbonyl (C=O) groups is 1. The third kappa shape index (κ3) is 5.60. The van der Waals surface area contributed by atoms with Crippen LogP contribution in [0.25, 0.3) is 0 Å². The molecule has 0 heterocycles. The molecule has 2 nitrogen and oxygen atoms in total. The minimum atomic E-state index is -0.177. The van der Waals surface area contributed by atoms with Gasteiger partial charge in [-0.25, -0.2) is 0 Å². The summed E-state index contributed by atoms with van der Waals surface area (Å²) in [6, 6.07) is 0. The summed E-state index contributed by atoms with van der Waals surface area (Å²) in [4.78, 5) is 10.4. The lowest BCUT2D eigenvalue weighted by Gasteiger charge is -2.09. The average molecular weight is 144 g/mol. The summed E-state index contributed by atoms with van der Waals surface area (Å²) in [5.74, 6) is -0.177. The minimum Gasteiger partial charge on any atom is -0.463 e. The second-order valence-corrected chi connectivity index (χ2v) is 2.56. The molecule has 0 amide bonds. The van der Waals surface area contributed by atoms with Crippen molar-refractivity contribution in [3.8, 4) is 0 Å². The van der Waals surface area contributed by atoms with Crippen LogP contribution in [-0.2, 0) is 9.53 Å². The zero-order chi connectivity index (χ0) is 7.98. The molecule has 10 heavy (non-hydrogen) atoms. The van der Waals surface area contributed by atoms with E-state index < -0.39 is 0 Å². The Bertz CT molecular complexity index is 99.4. The molecule has 0 aliphatic rings. The summed E-state index contributed by atoms with van der Waals surface area (Å²) >= 11 is 0. The summed E-state index contributed by atoms with van der Waals surface area (Å²) in [5, 5.41) is 0. The molecule has 0 radical (unpaired) electrons. The van der Waals surface area contributed by atoms with E-state index in [1.807, 2.05) is 6.92 Å². The lowest BCUT2D eigenvalue weighted by atomic mass is 10.2. The quantitative estimate of drug-likeness (QED) is 0.565. The molecule has 0 aliphatic carbocycles. The molecule has 2 heteroatoms. The summed E-state index contributed by atoms with van der Waals surface area (Å²) in [7, 11) is 0. The van der Waals surface area contributed by atoms with Gasteiger partial charge in [0.05, 0.1) is 6.10 Å². The topological polar surface area (TPSA) is 26.3 Å². The van der Waals surface area contributed by atoms with E-state index in [1.165, 1.54) is 6.92 Å². The highest BCUT2D eigenvalue weighted by Crippen LogP contribution is 2.03. The first-order chi connectivity index (χ1) is 4.66. The van der Waals surface area contributed by atoms with Crippen molar-refractivity contribution in [1.29, 1.82) is 0 Å². The standard InChI is InChI=1S/C8H16O2/c1-4-5-6-7(2)10-8(3)9/h7H,4-6H2,1-3H3/t7-/m1/s1. The third-order valence-electron chi connectivity index (χ3n) is 1.33. The van der Waals surface area contributed by atoms with Gasteiger partial charge < -0.3 is 4.74 Å². The Morgan fingerprint density at radius 3 is 2.60 bits per heavy atom. The molecule has 0 aromatic rings. The zero-order valence-corrected chi connectivity index (χ0v) is 7.02. The van der Waals surface area contributed by atoms with Gasteiger partial charge in [0.25, 0.3) is 0 Å². The van der Waals surface area contributed by atoms with Crippen molar-refractivity contribution >= 4 is 5.97 Å². The van der Waals surface area contributed by atoms with Gasteiger partial charge in [-0.05, 0) is 13.3 Å². The van der Waals surface area contributed by atoms with Gasteiger partial charge in [-0.1, -0.05) is 19.8 Å². The molecule has 0 rings (SSSR count). The number of ether oxygens (including phenoxy) is 1. The van der Waals surface area contributed by atoms with E-state index in [0.717, 1.165) is 19.3 Å². The highest BCUT2D eigenvalue weighted by Gasteiger charge is 2.02. The SMILES string of the molecule is CCCC[C@@H](C)OC(C)=O. The van der Waals surface area contributed by atoms with Crippen LogP contribution < -0.4 is 0 Å². The fraction of sp³-hybridized carbons (Fsp3) is 0.875. The van der Waals surface area contributed by atoms with Crippen LogP contribution in [0.1, 0.15) is 40.0 Å². The predicted octanol–water partition coefficient (Wildman–Crippen LogP) is 2.13. The summed E-state index contributed by atoms with van der Waals surface area (Å²) < 4.78 is 4.91. The predicted molar refractivity (Wildman–Crippen MR) is 40.8 cm³/mol. The maximum absolute atomic E-state index is 10.4. The molecule has 0 fully saturated rings. The summed E-state index contributed by atoms with van der Waals surface area (Å²) in [6.07, 6.45) is 3.37. The van der Waals surface area contributed by atoms with Crippen LogP contribution in [0.2, 0.25) is 0 Å². The monoisotopic (exact) mass is 144 g/mol. The number of carbonyl (C=O) groups excluding carboxylic acids is 1. The maximum atomic E-state index is 10.4. The Morgan fingerprint density at radius 2 is 2.20 bits per heavy atom. The Labute approximate surface area is 62.6 Å². The number of unbranched alkanes of at least 4 members (excludes halogenated alkanes) is 1. The molecule has 1 atom stereocenters. The van der Waals surface area contributed by atoms with Crippen LogP contribution in [0, 0.1) is 0 Å². The van der Waals surface area contributed by atoms with Gasteiger partial charge in [-0.3, -0.25) is 4.79 Å². The highest BCUT2D eigenvalue weighted by molar-refractivity contribution is 5.66. The molecule has 0 aromatic heterocycles. The molecule has 0 spiro atoms. The molecule has 0 saturated heterocycles. The molecule has 0 aromatic carbocycles. The smallest absolute Gasteiger partial charge is 0.302 e. The lowest BCUT2D eigenvalue weighted by molar-refractivity contribution is -0.145. The van der Waals surface area contributed by atoms with E-state index in [9.17, 15) is 4.79 Å². The summed E-state index contributed by atoms with van der Waals surface area (Å²) in [5.41, 5.74) is 0. The van der Waals surface area contributed by atoms with Crippen LogP contribution in [-0.4, -0.2) is 12.1 Å². The van der Waals surface area contributed by atoms with Crippen LogP contribution in [0.4, 0.5) is 0 Å². The summed E-state index contributed by atoms with van der Waals surface area (Å²) in [6.45, 7) is 5.50. The largest absolute Gasteiger partial charge is 0.463 e. The van der Waals surface area contributed by atoms with E-state index in [-0.39, 0.29) is 12.1 Å². The Kier molecular flexibility index (Phi) is 4.99. The number of rotatable bonds is 4. The number of esters is 1. The van der Waals surface area contributed by atoms with E-state index >= 15 is 0 Å². The lowest BCUT2D eigenvalue weighted by Crippen LogP contribution is -2.11. The fourth-order valence-electron chi connectivity index (χ4n) is 0.834. The van der Waals surface area contributed by atoms with E-state index in [0.29, 0.717) is 0 Å². The first-order valence-electron chi connectivity index (χ1n) is 3.84. The second-order valence-electron chi connectivity index (χ2n) is 2.56. The molecule has 60 valence electrons. The number of hydrogen-bond donors (Lipinski definition) is 0. The van der Waals surface area contributed by atoms with E-state index in [1.54, 1.807) is 0 Å². The fourth-order valence-corrected chi connectivity index (χ4v) is 0.834. The highest BCUT2D eigenvalue weighted by atomic mass is 16.5. The maximum Gasteiger partial charge on any atom is 0.302 e. The zero-order valence-electron chi connectivity index (χ0n) is 7.02. The molecule has 0 unspecified atom stereocenters. The first kappa shape index (κ1) is 9.47. The third-order valence-corrected chi connectivity index (χ3v) is 1.33. The minimum absolute atomic E-state index is 0.0949. The molecule has 0 N–H and O–H groups in total. The molecule has 0 bridgehead atoms. The van der Waals surface area contributed by atoms with Crippen LogP contribution >= 0.6 is 0 Å². The van der Waals surface area contributed by atoms with Crippen molar-refractivity contribution in [1.82, 2.24) is 0 Å². The van der Waals surface area contributed by atoms with Crippen LogP contribution in [0.5, 0.6) is 0 Å². The van der Waals surface area contributed by atoms with E-state index in [4.69, 9.17) is 4.74 Å². The molecule has 0 saturated carbocycles. The van der Waals surface area contributed by atoms with Crippen molar-refractivity contribution in [2.24, 2.45) is 0 Å². The van der Waals surface area contributed by atoms with Crippen molar-refractivity contribution < 1.29 is 9.53 Å². The first-order valence-corrected chi connectivity index (χ1v) is 3.84. The van der Waals surface area contributed by atoms with Gasteiger partial charge in [0.15, 0.2) is 0 Å². The Hall–Kier alpha value is -0.530. The second kappa shape index (κ2) is 5.27. The molecule has 0 aliphatic heterocycles.